The van der Waals surface area contributed by atoms with Crippen LogP contribution in [0.25, 0.3) is 0 Å². The number of piperidine rings is 1. The average Bonchev–Trinajstić information content (AvgIpc) is 2.47. The fourth-order valence-electron chi connectivity index (χ4n) is 3.22. The van der Waals surface area contributed by atoms with E-state index in [4.69, 9.17) is 0 Å². The van der Waals surface area contributed by atoms with Gasteiger partial charge in [-0.1, -0.05) is 58.8 Å². The number of rotatable bonds is 11. The largest absolute Gasteiger partial charge is 0.317 e. The van der Waals surface area contributed by atoms with Crippen LogP contribution in [0, 0.1) is 0 Å². The SMILES string of the molecule is CCCCCCCCCCN(CC)C1CCNCC1. The summed E-state index contributed by atoms with van der Waals surface area (Å²) in [7, 11) is 0. The summed E-state index contributed by atoms with van der Waals surface area (Å²) in [5.74, 6) is 0. The molecular formula is C17H36N2. The van der Waals surface area contributed by atoms with Crippen LogP contribution in [0.4, 0.5) is 0 Å². The van der Waals surface area contributed by atoms with Crippen LogP contribution in [0.15, 0.2) is 0 Å². The predicted octanol–water partition coefficient (Wildman–Crippen LogP) is 4.20. The maximum atomic E-state index is 3.47. The number of nitrogens with zero attached hydrogens (tertiary/aromatic N) is 1. The summed E-state index contributed by atoms with van der Waals surface area (Å²) >= 11 is 0. The third kappa shape index (κ3) is 7.94. The van der Waals surface area contributed by atoms with Crippen molar-refractivity contribution in [2.45, 2.75) is 84.1 Å². The molecule has 0 aromatic carbocycles. The summed E-state index contributed by atoms with van der Waals surface area (Å²) in [5, 5.41) is 3.47. The molecule has 0 aromatic heterocycles. The Morgan fingerprint density at radius 3 is 2.00 bits per heavy atom. The van der Waals surface area contributed by atoms with Gasteiger partial charge in [-0.05, 0) is 45.4 Å². The summed E-state index contributed by atoms with van der Waals surface area (Å²) in [5.41, 5.74) is 0. The first-order valence-corrected chi connectivity index (χ1v) is 8.83. The van der Waals surface area contributed by atoms with Crippen LogP contribution in [0.3, 0.4) is 0 Å². The van der Waals surface area contributed by atoms with Crippen molar-refractivity contribution < 1.29 is 0 Å². The molecule has 0 amide bonds. The van der Waals surface area contributed by atoms with Crippen LogP contribution < -0.4 is 5.32 Å². The molecule has 1 fully saturated rings. The normalized spacial score (nSPS) is 17.2. The predicted molar refractivity (Wildman–Crippen MR) is 85.7 cm³/mol. The van der Waals surface area contributed by atoms with Crippen molar-refractivity contribution in [3.05, 3.63) is 0 Å². The molecule has 1 saturated heterocycles. The lowest BCUT2D eigenvalue weighted by atomic mass is 10.0. The van der Waals surface area contributed by atoms with Crippen LogP contribution in [-0.2, 0) is 0 Å². The van der Waals surface area contributed by atoms with E-state index in [-0.39, 0.29) is 0 Å². The van der Waals surface area contributed by atoms with Gasteiger partial charge in [0, 0.05) is 6.04 Å². The molecule has 0 aromatic rings. The Bertz CT molecular complexity index is 188. The van der Waals surface area contributed by atoms with Gasteiger partial charge in [0.1, 0.15) is 0 Å². The molecular weight excluding hydrogens is 232 g/mol. The molecule has 1 N–H and O–H groups in total. The molecule has 2 heteroatoms. The van der Waals surface area contributed by atoms with Gasteiger partial charge in [-0.3, -0.25) is 0 Å². The highest BCUT2D eigenvalue weighted by molar-refractivity contribution is 4.77. The molecule has 114 valence electrons. The summed E-state index contributed by atoms with van der Waals surface area (Å²) in [6.45, 7) is 9.63. The van der Waals surface area contributed by atoms with Crippen LogP contribution in [0.2, 0.25) is 0 Å². The van der Waals surface area contributed by atoms with Gasteiger partial charge in [-0.2, -0.15) is 0 Å². The molecule has 0 spiro atoms. The van der Waals surface area contributed by atoms with Gasteiger partial charge in [0.25, 0.3) is 0 Å². The molecule has 1 aliphatic heterocycles. The maximum absolute atomic E-state index is 3.47. The first-order valence-electron chi connectivity index (χ1n) is 8.83. The van der Waals surface area contributed by atoms with Crippen molar-refractivity contribution in [2.75, 3.05) is 26.2 Å². The lowest BCUT2D eigenvalue weighted by Crippen LogP contribution is -2.43. The topological polar surface area (TPSA) is 15.3 Å². The minimum Gasteiger partial charge on any atom is -0.317 e. The highest BCUT2D eigenvalue weighted by Gasteiger charge is 2.18. The van der Waals surface area contributed by atoms with Gasteiger partial charge < -0.3 is 10.2 Å². The third-order valence-electron chi connectivity index (χ3n) is 4.53. The highest BCUT2D eigenvalue weighted by Crippen LogP contribution is 2.14. The van der Waals surface area contributed by atoms with Crippen molar-refractivity contribution in [1.29, 1.82) is 0 Å². The Balaban J connectivity index is 1.96. The molecule has 0 aliphatic carbocycles. The molecule has 1 rings (SSSR count). The van der Waals surface area contributed by atoms with Gasteiger partial charge in [0.15, 0.2) is 0 Å². The summed E-state index contributed by atoms with van der Waals surface area (Å²) in [4.78, 5) is 2.72. The van der Waals surface area contributed by atoms with Crippen LogP contribution in [0.1, 0.15) is 78.1 Å². The molecule has 2 nitrogen and oxygen atoms in total. The lowest BCUT2D eigenvalue weighted by molar-refractivity contribution is 0.167. The van der Waals surface area contributed by atoms with Gasteiger partial charge in [-0.15, -0.1) is 0 Å². The van der Waals surface area contributed by atoms with Crippen molar-refractivity contribution in [3.63, 3.8) is 0 Å². The van der Waals surface area contributed by atoms with Crippen LogP contribution in [0.5, 0.6) is 0 Å². The van der Waals surface area contributed by atoms with E-state index in [1.54, 1.807) is 0 Å². The van der Waals surface area contributed by atoms with Gasteiger partial charge in [0.2, 0.25) is 0 Å². The van der Waals surface area contributed by atoms with E-state index in [0.717, 1.165) is 6.04 Å². The molecule has 1 aliphatic rings. The smallest absolute Gasteiger partial charge is 0.0119 e. The molecule has 0 saturated carbocycles. The number of unbranched alkanes of at least 4 members (excludes halogenated alkanes) is 7. The Labute approximate surface area is 121 Å². The maximum Gasteiger partial charge on any atom is 0.0119 e. The zero-order valence-corrected chi connectivity index (χ0v) is 13.4. The van der Waals surface area contributed by atoms with Crippen molar-refractivity contribution >= 4 is 0 Å². The lowest BCUT2D eigenvalue weighted by Gasteiger charge is -2.33. The second kappa shape index (κ2) is 11.7. The number of nitrogens with one attached hydrogen (secondary N) is 1. The zero-order valence-electron chi connectivity index (χ0n) is 13.4. The molecule has 19 heavy (non-hydrogen) atoms. The third-order valence-corrected chi connectivity index (χ3v) is 4.53. The average molecular weight is 268 g/mol. The van der Waals surface area contributed by atoms with Gasteiger partial charge in [0.05, 0.1) is 0 Å². The quantitative estimate of drug-likeness (QED) is 0.565. The van der Waals surface area contributed by atoms with E-state index in [0.29, 0.717) is 0 Å². The fourth-order valence-corrected chi connectivity index (χ4v) is 3.22. The highest BCUT2D eigenvalue weighted by atomic mass is 15.2. The molecule has 0 radical (unpaired) electrons. The Morgan fingerprint density at radius 1 is 0.842 bits per heavy atom. The minimum atomic E-state index is 0.857. The molecule has 0 bridgehead atoms. The zero-order chi connectivity index (χ0) is 13.8. The molecule has 1 heterocycles. The van der Waals surface area contributed by atoms with E-state index in [1.165, 1.54) is 90.4 Å². The second-order valence-corrected chi connectivity index (χ2v) is 6.08. The van der Waals surface area contributed by atoms with Crippen LogP contribution in [-0.4, -0.2) is 37.1 Å². The summed E-state index contributed by atoms with van der Waals surface area (Å²) < 4.78 is 0. The van der Waals surface area contributed by atoms with Crippen LogP contribution >= 0.6 is 0 Å². The summed E-state index contributed by atoms with van der Waals surface area (Å²) in [6.07, 6.45) is 14.2. The minimum absolute atomic E-state index is 0.857. The molecule has 0 unspecified atom stereocenters. The van der Waals surface area contributed by atoms with E-state index in [1.807, 2.05) is 0 Å². The summed E-state index contributed by atoms with van der Waals surface area (Å²) in [6, 6.07) is 0.857. The first-order chi connectivity index (χ1) is 9.38. The van der Waals surface area contributed by atoms with Gasteiger partial charge >= 0.3 is 0 Å². The van der Waals surface area contributed by atoms with Crippen molar-refractivity contribution in [2.24, 2.45) is 0 Å². The first kappa shape index (κ1) is 17.0. The van der Waals surface area contributed by atoms with Crippen molar-refractivity contribution in [1.82, 2.24) is 10.2 Å². The molecule has 0 atom stereocenters. The van der Waals surface area contributed by atoms with E-state index in [9.17, 15) is 0 Å². The van der Waals surface area contributed by atoms with E-state index in [2.05, 4.69) is 24.1 Å². The second-order valence-electron chi connectivity index (χ2n) is 6.08. The Hall–Kier alpha value is -0.0800. The fraction of sp³-hybridized carbons (Fsp3) is 1.00. The van der Waals surface area contributed by atoms with Gasteiger partial charge in [-0.25, -0.2) is 0 Å². The Morgan fingerprint density at radius 2 is 1.42 bits per heavy atom. The monoisotopic (exact) mass is 268 g/mol. The Kier molecular flexibility index (Phi) is 10.5. The number of hydrogen-bond acceptors (Lipinski definition) is 2. The van der Waals surface area contributed by atoms with E-state index >= 15 is 0 Å². The standard InChI is InChI=1S/C17H36N2/c1-3-5-6-7-8-9-10-11-16-19(4-2)17-12-14-18-15-13-17/h17-18H,3-16H2,1-2H3. The number of hydrogen-bond donors (Lipinski definition) is 1. The van der Waals surface area contributed by atoms with E-state index < -0.39 is 0 Å². The van der Waals surface area contributed by atoms with Crippen molar-refractivity contribution in [3.8, 4) is 0 Å².